The van der Waals surface area contributed by atoms with Gasteiger partial charge in [-0.3, -0.25) is 37.3 Å². The largest absolute Gasteiger partial charge is 0.472 e. The molecule has 92 heavy (non-hydrogen) atoms. The number of ether oxygens (including phenoxy) is 4. The van der Waals surface area contributed by atoms with Gasteiger partial charge in [0.05, 0.1) is 26.4 Å². The van der Waals surface area contributed by atoms with E-state index in [0.29, 0.717) is 25.7 Å². The van der Waals surface area contributed by atoms with Crippen LogP contribution in [0.3, 0.4) is 0 Å². The fourth-order valence-corrected chi connectivity index (χ4v) is 12.7. The zero-order valence-corrected chi connectivity index (χ0v) is 61.5. The van der Waals surface area contributed by atoms with Gasteiger partial charge in [0, 0.05) is 25.7 Å². The number of phosphoric ester groups is 2. The van der Waals surface area contributed by atoms with Crippen LogP contribution in [0.1, 0.15) is 381 Å². The molecule has 0 spiro atoms. The van der Waals surface area contributed by atoms with E-state index in [1.54, 1.807) is 0 Å². The third-order valence-electron chi connectivity index (χ3n) is 17.4. The minimum atomic E-state index is -4.95. The van der Waals surface area contributed by atoms with E-state index in [0.717, 1.165) is 95.8 Å². The SMILES string of the molecule is CCCCCCCCCCCCCCCCCCCC(=O)O[C@H](COC(=O)CCCCCCCCCCCCC(C)CC)COP(=O)(O)OC[C@@H](O)COP(=O)(O)OC[C@@H](COC(=O)CCCCCCCCCCCC)OC(=O)CCCCCCCCCCCCC. The molecule has 0 aliphatic rings. The van der Waals surface area contributed by atoms with Crippen LogP contribution in [-0.2, 0) is 65.4 Å². The van der Waals surface area contributed by atoms with Gasteiger partial charge in [-0.1, -0.05) is 330 Å². The van der Waals surface area contributed by atoms with Crippen molar-refractivity contribution in [1.82, 2.24) is 0 Å². The van der Waals surface area contributed by atoms with Crippen molar-refractivity contribution in [2.75, 3.05) is 39.6 Å². The number of carbonyl (C=O) groups is 4. The molecule has 0 aromatic rings. The third kappa shape index (κ3) is 65.4. The van der Waals surface area contributed by atoms with Gasteiger partial charge in [-0.25, -0.2) is 9.13 Å². The number of hydrogen-bond acceptors (Lipinski definition) is 15. The molecule has 0 bridgehead atoms. The number of hydrogen-bond donors (Lipinski definition) is 3. The lowest BCUT2D eigenvalue weighted by Gasteiger charge is -2.21. The smallest absolute Gasteiger partial charge is 0.462 e. The molecule has 19 heteroatoms. The first kappa shape index (κ1) is 90.1. The van der Waals surface area contributed by atoms with Crippen LogP contribution in [0.25, 0.3) is 0 Å². The van der Waals surface area contributed by atoms with Crippen LogP contribution in [0.15, 0.2) is 0 Å². The first-order valence-corrected chi connectivity index (χ1v) is 41.2. The molecular weight excluding hydrogens is 1210 g/mol. The molecule has 3 N–H and O–H groups in total. The van der Waals surface area contributed by atoms with Gasteiger partial charge in [-0.15, -0.1) is 0 Å². The highest BCUT2D eigenvalue weighted by molar-refractivity contribution is 7.47. The van der Waals surface area contributed by atoms with Gasteiger partial charge in [0.2, 0.25) is 0 Å². The molecule has 17 nitrogen and oxygen atoms in total. The van der Waals surface area contributed by atoms with E-state index in [4.69, 9.17) is 37.0 Å². The van der Waals surface area contributed by atoms with Crippen molar-refractivity contribution < 1.29 is 80.2 Å². The van der Waals surface area contributed by atoms with Gasteiger partial charge >= 0.3 is 39.5 Å². The standard InChI is InChI=1S/C73H142O17P2/c1-6-10-13-16-19-22-25-26-27-28-29-30-32-39-44-49-54-59-73(78)90-69(63-84-71(76)57-52-47-42-37-34-33-35-40-45-50-55-66(5)9-4)65-88-92(81,82)86-61-67(74)60-85-91(79,80)87-64-68(62-83-70(75)56-51-46-41-36-24-21-18-15-12-8-3)89-72(77)58-53-48-43-38-31-23-20-17-14-11-7-2/h66-69,74H,6-65H2,1-5H3,(H,79,80)(H,81,82)/t66?,67-,68+,69+/m0/s1. The van der Waals surface area contributed by atoms with Crippen molar-refractivity contribution in [2.24, 2.45) is 5.92 Å². The summed E-state index contributed by atoms with van der Waals surface area (Å²) in [6.07, 6.45) is 53.9. The van der Waals surface area contributed by atoms with Gasteiger partial charge in [0.1, 0.15) is 19.3 Å². The van der Waals surface area contributed by atoms with E-state index in [1.807, 2.05) is 0 Å². The predicted molar refractivity (Wildman–Crippen MR) is 372 cm³/mol. The molecule has 0 fully saturated rings. The minimum Gasteiger partial charge on any atom is -0.462 e. The number of esters is 4. The Balaban J connectivity index is 5.24. The van der Waals surface area contributed by atoms with Crippen LogP contribution < -0.4 is 0 Å². The molecule has 3 unspecified atom stereocenters. The third-order valence-corrected chi connectivity index (χ3v) is 19.3. The fraction of sp³-hybridized carbons (Fsp3) is 0.945. The average Bonchev–Trinajstić information content (AvgIpc) is 2.65. The van der Waals surface area contributed by atoms with E-state index >= 15 is 0 Å². The van der Waals surface area contributed by atoms with Crippen LogP contribution in [0, 0.1) is 5.92 Å². The maximum absolute atomic E-state index is 13.1. The summed E-state index contributed by atoms with van der Waals surface area (Å²) in [7, 11) is -9.90. The molecule has 0 radical (unpaired) electrons. The van der Waals surface area contributed by atoms with Crippen molar-refractivity contribution in [3.05, 3.63) is 0 Å². The second-order valence-electron chi connectivity index (χ2n) is 26.6. The Hall–Kier alpha value is -1.94. The zero-order valence-electron chi connectivity index (χ0n) is 59.7. The summed E-state index contributed by atoms with van der Waals surface area (Å²) in [5.41, 5.74) is 0. The molecule has 0 saturated carbocycles. The first-order chi connectivity index (χ1) is 44.6. The Labute approximate surface area is 562 Å². The Morgan fingerprint density at radius 3 is 0.772 bits per heavy atom. The summed E-state index contributed by atoms with van der Waals surface area (Å²) in [5.74, 6) is -1.31. The Morgan fingerprint density at radius 2 is 0.522 bits per heavy atom. The predicted octanol–water partition coefficient (Wildman–Crippen LogP) is 21.3. The molecular formula is C73H142O17P2. The van der Waals surface area contributed by atoms with Gasteiger partial charge in [0.25, 0.3) is 0 Å². The lowest BCUT2D eigenvalue weighted by Crippen LogP contribution is -2.30. The lowest BCUT2D eigenvalue weighted by molar-refractivity contribution is -0.161. The summed E-state index contributed by atoms with van der Waals surface area (Å²) < 4.78 is 68.4. The highest BCUT2D eigenvalue weighted by atomic mass is 31.2. The van der Waals surface area contributed by atoms with Crippen LogP contribution in [0.4, 0.5) is 0 Å². The fourth-order valence-electron chi connectivity index (χ4n) is 11.1. The molecule has 0 saturated heterocycles. The highest BCUT2D eigenvalue weighted by Gasteiger charge is 2.30. The summed E-state index contributed by atoms with van der Waals surface area (Å²) in [4.78, 5) is 72.6. The van der Waals surface area contributed by atoms with E-state index in [1.165, 1.54) is 205 Å². The Kier molecular flexibility index (Phi) is 64.9. The Bertz CT molecular complexity index is 1770. The summed E-state index contributed by atoms with van der Waals surface area (Å²) >= 11 is 0. The normalized spacial score (nSPS) is 14.3. The molecule has 0 aliphatic carbocycles. The number of carbonyl (C=O) groups excluding carboxylic acids is 4. The zero-order chi connectivity index (χ0) is 67.7. The van der Waals surface area contributed by atoms with Gasteiger partial charge in [-0.05, 0) is 31.6 Å². The number of phosphoric acid groups is 2. The topological polar surface area (TPSA) is 237 Å². The Morgan fingerprint density at radius 1 is 0.304 bits per heavy atom. The molecule has 546 valence electrons. The van der Waals surface area contributed by atoms with Crippen LogP contribution >= 0.6 is 15.6 Å². The maximum atomic E-state index is 13.1. The molecule has 0 aromatic carbocycles. The average molecular weight is 1350 g/mol. The van der Waals surface area contributed by atoms with Crippen molar-refractivity contribution in [3.8, 4) is 0 Å². The van der Waals surface area contributed by atoms with Crippen molar-refractivity contribution in [1.29, 1.82) is 0 Å². The van der Waals surface area contributed by atoms with Crippen molar-refractivity contribution in [2.45, 2.75) is 400 Å². The van der Waals surface area contributed by atoms with Gasteiger partial charge < -0.3 is 33.8 Å². The number of unbranched alkanes of at least 4 members (excludes halogenated alkanes) is 44. The number of aliphatic hydroxyl groups is 1. The second-order valence-corrected chi connectivity index (χ2v) is 29.5. The highest BCUT2D eigenvalue weighted by Crippen LogP contribution is 2.45. The van der Waals surface area contributed by atoms with Gasteiger partial charge in [-0.2, -0.15) is 0 Å². The van der Waals surface area contributed by atoms with E-state index in [-0.39, 0.29) is 25.7 Å². The molecule has 0 amide bonds. The number of aliphatic hydroxyl groups excluding tert-OH is 1. The van der Waals surface area contributed by atoms with E-state index < -0.39 is 97.5 Å². The monoisotopic (exact) mass is 1350 g/mol. The van der Waals surface area contributed by atoms with Crippen LogP contribution in [0.5, 0.6) is 0 Å². The van der Waals surface area contributed by atoms with Crippen LogP contribution in [-0.4, -0.2) is 96.7 Å². The summed E-state index contributed by atoms with van der Waals surface area (Å²) in [5, 5.41) is 10.6. The molecule has 0 heterocycles. The van der Waals surface area contributed by atoms with Crippen LogP contribution in [0.2, 0.25) is 0 Å². The maximum Gasteiger partial charge on any atom is 0.472 e. The van der Waals surface area contributed by atoms with Crippen molar-refractivity contribution >= 4 is 39.5 Å². The van der Waals surface area contributed by atoms with E-state index in [9.17, 15) is 43.2 Å². The molecule has 0 aromatic heterocycles. The van der Waals surface area contributed by atoms with Crippen molar-refractivity contribution in [3.63, 3.8) is 0 Å². The lowest BCUT2D eigenvalue weighted by atomic mass is 9.99. The molecule has 6 atom stereocenters. The first-order valence-electron chi connectivity index (χ1n) is 38.2. The minimum absolute atomic E-state index is 0.107. The quantitative estimate of drug-likeness (QED) is 0.0222. The molecule has 0 aliphatic heterocycles. The van der Waals surface area contributed by atoms with E-state index in [2.05, 4.69) is 34.6 Å². The summed E-state index contributed by atoms with van der Waals surface area (Å²) in [6, 6.07) is 0. The number of rotatable bonds is 73. The molecule has 0 rings (SSSR count). The summed E-state index contributed by atoms with van der Waals surface area (Å²) in [6.45, 7) is 7.29. The van der Waals surface area contributed by atoms with Gasteiger partial charge in [0.15, 0.2) is 12.2 Å². The second kappa shape index (κ2) is 66.3.